The lowest BCUT2D eigenvalue weighted by atomic mass is 10.1. The van der Waals surface area contributed by atoms with Crippen LogP contribution in [0.2, 0.25) is 0 Å². The largest absolute Gasteiger partial charge is 0.309 e. The third kappa shape index (κ3) is 3.48. The minimum Gasteiger partial charge on any atom is -0.309 e. The molecule has 0 fully saturated rings. The summed E-state index contributed by atoms with van der Waals surface area (Å²) < 4.78 is 1.14. The van der Waals surface area contributed by atoms with E-state index in [1.165, 1.54) is 16.0 Å². The zero-order chi connectivity index (χ0) is 14.7. The molecule has 4 heteroatoms. The van der Waals surface area contributed by atoms with Crippen molar-refractivity contribution in [1.82, 2.24) is 10.3 Å². The van der Waals surface area contributed by atoms with E-state index in [0.717, 1.165) is 28.1 Å². The van der Waals surface area contributed by atoms with Gasteiger partial charge in [0.1, 0.15) is 5.01 Å². The molecule has 1 unspecified atom stereocenters. The van der Waals surface area contributed by atoms with Crippen molar-refractivity contribution in [2.45, 2.75) is 40.2 Å². The van der Waals surface area contributed by atoms with Crippen LogP contribution in [0.1, 0.15) is 42.4 Å². The highest BCUT2D eigenvalue weighted by Crippen LogP contribution is 2.33. The third-order valence-electron chi connectivity index (χ3n) is 3.35. The number of nitrogens with zero attached hydrogens (tertiary/aromatic N) is 1. The van der Waals surface area contributed by atoms with Gasteiger partial charge in [-0.3, -0.25) is 0 Å². The number of rotatable bonds is 5. The van der Waals surface area contributed by atoms with E-state index in [4.69, 9.17) is 4.98 Å². The molecule has 0 radical (unpaired) electrons. The fraction of sp³-hybridized carbons (Fsp3) is 0.438. The van der Waals surface area contributed by atoms with Crippen LogP contribution in [0.5, 0.6) is 0 Å². The highest BCUT2D eigenvalue weighted by Gasteiger charge is 2.15. The topological polar surface area (TPSA) is 24.9 Å². The number of hydrogen-bond donors (Lipinski definition) is 1. The van der Waals surface area contributed by atoms with Gasteiger partial charge in [-0.05, 0) is 45.4 Å². The number of thiazole rings is 1. The minimum atomic E-state index is 0.370. The first kappa shape index (κ1) is 15.7. The summed E-state index contributed by atoms with van der Waals surface area (Å²) >= 11 is 5.39. The van der Waals surface area contributed by atoms with Crippen molar-refractivity contribution in [1.29, 1.82) is 0 Å². The number of nitrogens with one attached hydrogen (secondary N) is 1. The Hall–Kier alpha value is -0.710. The Morgan fingerprint density at radius 1 is 1.35 bits per heavy atom. The van der Waals surface area contributed by atoms with Crippen molar-refractivity contribution in [2.75, 3.05) is 6.54 Å². The van der Waals surface area contributed by atoms with Gasteiger partial charge in [-0.15, -0.1) is 11.3 Å². The van der Waals surface area contributed by atoms with Crippen LogP contribution in [-0.2, 0) is 0 Å². The predicted molar refractivity (Wildman–Crippen MR) is 91.4 cm³/mol. The molecule has 1 atom stereocenters. The molecular weight excluding hydrogens is 332 g/mol. The summed E-state index contributed by atoms with van der Waals surface area (Å²) in [6.07, 6.45) is 1.15. The SMILES string of the molecule is CCCNC(C)c1sc(-c2ccc(C)c(Br)c2)nc1C. The van der Waals surface area contributed by atoms with Gasteiger partial charge in [0.05, 0.1) is 5.69 Å². The monoisotopic (exact) mass is 352 g/mol. The zero-order valence-electron chi connectivity index (χ0n) is 12.5. The molecule has 2 rings (SSSR count). The summed E-state index contributed by atoms with van der Waals surface area (Å²) in [5, 5.41) is 4.64. The van der Waals surface area contributed by atoms with Gasteiger partial charge in [0.2, 0.25) is 0 Å². The van der Waals surface area contributed by atoms with E-state index >= 15 is 0 Å². The Bertz CT molecular complexity index is 592. The van der Waals surface area contributed by atoms with Gasteiger partial charge < -0.3 is 5.32 Å². The van der Waals surface area contributed by atoms with Crippen LogP contribution < -0.4 is 5.32 Å². The predicted octanol–water partition coefficient (Wildman–Crippen LogP) is 5.25. The number of aromatic nitrogens is 1. The highest BCUT2D eigenvalue weighted by molar-refractivity contribution is 9.10. The van der Waals surface area contributed by atoms with Crippen molar-refractivity contribution in [3.8, 4) is 10.6 Å². The standard InChI is InChI=1S/C16H21BrN2S/c1-5-8-18-11(3)15-12(4)19-16(20-15)13-7-6-10(2)14(17)9-13/h6-7,9,11,18H,5,8H2,1-4H3. The summed E-state index contributed by atoms with van der Waals surface area (Å²) in [6.45, 7) is 9.65. The maximum atomic E-state index is 4.74. The maximum absolute atomic E-state index is 4.74. The summed E-state index contributed by atoms with van der Waals surface area (Å²) in [4.78, 5) is 6.08. The molecule has 0 bridgehead atoms. The molecule has 1 aromatic carbocycles. The molecule has 2 aromatic rings. The van der Waals surface area contributed by atoms with Crippen LogP contribution in [0.3, 0.4) is 0 Å². The lowest BCUT2D eigenvalue weighted by molar-refractivity contribution is 0.575. The van der Waals surface area contributed by atoms with Crippen LogP contribution in [0.15, 0.2) is 22.7 Å². The fourth-order valence-corrected chi connectivity index (χ4v) is 3.58. The molecule has 0 spiro atoms. The average molecular weight is 353 g/mol. The van der Waals surface area contributed by atoms with Crippen molar-refractivity contribution in [2.24, 2.45) is 0 Å². The Morgan fingerprint density at radius 3 is 2.75 bits per heavy atom. The van der Waals surface area contributed by atoms with E-state index in [2.05, 4.69) is 67.1 Å². The molecule has 2 nitrogen and oxygen atoms in total. The molecule has 0 saturated carbocycles. The van der Waals surface area contributed by atoms with Gasteiger partial charge in [-0.2, -0.15) is 0 Å². The summed E-state index contributed by atoms with van der Waals surface area (Å²) in [6, 6.07) is 6.80. The first-order valence-electron chi connectivity index (χ1n) is 7.00. The van der Waals surface area contributed by atoms with Crippen molar-refractivity contribution in [3.05, 3.63) is 38.8 Å². The summed E-state index contributed by atoms with van der Waals surface area (Å²) in [5.74, 6) is 0. The average Bonchev–Trinajstić information content (AvgIpc) is 2.81. The molecular formula is C16H21BrN2S. The molecule has 0 amide bonds. The smallest absolute Gasteiger partial charge is 0.123 e. The second-order valence-corrected chi connectivity index (χ2v) is 6.99. The van der Waals surface area contributed by atoms with E-state index in [-0.39, 0.29) is 0 Å². The number of halogens is 1. The summed E-state index contributed by atoms with van der Waals surface area (Å²) in [5.41, 5.74) is 3.57. The van der Waals surface area contributed by atoms with Gasteiger partial charge >= 0.3 is 0 Å². The van der Waals surface area contributed by atoms with E-state index in [9.17, 15) is 0 Å². The van der Waals surface area contributed by atoms with Gasteiger partial charge in [0.15, 0.2) is 0 Å². The van der Waals surface area contributed by atoms with E-state index in [1.54, 1.807) is 11.3 Å². The lowest BCUT2D eigenvalue weighted by Crippen LogP contribution is -2.18. The van der Waals surface area contributed by atoms with Crippen molar-refractivity contribution in [3.63, 3.8) is 0 Å². The van der Waals surface area contributed by atoms with Crippen molar-refractivity contribution >= 4 is 27.3 Å². The van der Waals surface area contributed by atoms with Crippen LogP contribution >= 0.6 is 27.3 Å². The van der Waals surface area contributed by atoms with Gasteiger partial charge in [0, 0.05) is 21.0 Å². The molecule has 20 heavy (non-hydrogen) atoms. The molecule has 0 aliphatic heterocycles. The van der Waals surface area contributed by atoms with E-state index in [0.29, 0.717) is 6.04 Å². The molecule has 1 N–H and O–H groups in total. The molecule has 0 aliphatic rings. The van der Waals surface area contributed by atoms with E-state index < -0.39 is 0 Å². The highest BCUT2D eigenvalue weighted by atomic mass is 79.9. The van der Waals surface area contributed by atoms with Crippen LogP contribution in [-0.4, -0.2) is 11.5 Å². The quantitative estimate of drug-likeness (QED) is 0.794. The molecule has 0 aliphatic carbocycles. The molecule has 0 saturated heterocycles. The number of hydrogen-bond acceptors (Lipinski definition) is 3. The second kappa shape index (κ2) is 6.83. The first-order valence-corrected chi connectivity index (χ1v) is 8.61. The maximum Gasteiger partial charge on any atom is 0.123 e. The molecule has 1 aromatic heterocycles. The van der Waals surface area contributed by atoms with E-state index in [1.807, 2.05) is 0 Å². The summed E-state index contributed by atoms with van der Waals surface area (Å²) in [7, 11) is 0. The Morgan fingerprint density at radius 2 is 2.10 bits per heavy atom. The minimum absolute atomic E-state index is 0.370. The normalized spacial score (nSPS) is 12.7. The van der Waals surface area contributed by atoms with Crippen LogP contribution in [0, 0.1) is 13.8 Å². The van der Waals surface area contributed by atoms with Gasteiger partial charge in [0.25, 0.3) is 0 Å². The Kier molecular flexibility index (Phi) is 5.35. The lowest BCUT2D eigenvalue weighted by Gasteiger charge is -2.11. The molecule has 1 heterocycles. The third-order valence-corrected chi connectivity index (χ3v) is 5.59. The fourth-order valence-electron chi connectivity index (χ4n) is 2.11. The Balaban J connectivity index is 2.28. The van der Waals surface area contributed by atoms with Gasteiger partial charge in [-0.25, -0.2) is 4.98 Å². The van der Waals surface area contributed by atoms with Crippen LogP contribution in [0.4, 0.5) is 0 Å². The second-order valence-electron chi connectivity index (χ2n) is 5.11. The Labute approximate surface area is 133 Å². The van der Waals surface area contributed by atoms with Crippen molar-refractivity contribution < 1.29 is 0 Å². The first-order chi connectivity index (χ1) is 9.52. The number of benzene rings is 1. The molecule has 108 valence electrons. The number of aryl methyl sites for hydroxylation is 2. The zero-order valence-corrected chi connectivity index (χ0v) is 14.9. The van der Waals surface area contributed by atoms with Crippen LogP contribution in [0.25, 0.3) is 10.6 Å². The van der Waals surface area contributed by atoms with Gasteiger partial charge in [-0.1, -0.05) is 35.0 Å².